The number of aryl methyl sites for hydroxylation is 2. The number of benzene rings is 1. The Morgan fingerprint density at radius 1 is 1.32 bits per heavy atom. The van der Waals surface area contributed by atoms with Gasteiger partial charge >= 0.3 is 0 Å². The second kappa shape index (κ2) is 6.58. The molecular formula is C13H18N4O4S. The number of hydrogen-bond acceptors (Lipinski definition) is 3. The second-order valence-electron chi connectivity index (χ2n) is 4.67. The van der Waals surface area contributed by atoms with E-state index >= 15 is 0 Å². The van der Waals surface area contributed by atoms with Crippen LogP contribution in [0.3, 0.4) is 0 Å². The van der Waals surface area contributed by atoms with Gasteiger partial charge in [-0.05, 0) is 24.6 Å². The highest BCUT2D eigenvalue weighted by Gasteiger charge is 2.13. The molecule has 0 bridgehead atoms. The fraction of sp³-hybridized carbons (Fsp3) is 0.231. The molecule has 0 atom stereocenters. The molecule has 0 spiro atoms. The molecule has 9 heteroatoms. The highest BCUT2D eigenvalue weighted by atomic mass is 32.2. The van der Waals surface area contributed by atoms with Gasteiger partial charge in [0.2, 0.25) is 0 Å². The number of nitrogens with zero attached hydrogens (tertiary/aromatic N) is 2. The van der Waals surface area contributed by atoms with Crippen LogP contribution in [-0.4, -0.2) is 35.7 Å². The number of aromatic nitrogens is 1. The largest absolute Gasteiger partial charge is 0.370 e. The fourth-order valence-electron chi connectivity index (χ4n) is 1.89. The van der Waals surface area contributed by atoms with Crippen LogP contribution in [0.2, 0.25) is 0 Å². The van der Waals surface area contributed by atoms with E-state index in [0.29, 0.717) is 11.9 Å². The van der Waals surface area contributed by atoms with E-state index in [1.807, 2.05) is 32.2 Å². The van der Waals surface area contributed by atoms with Crippen molar-refractivity contribution < 1.29 is 17.8 Å². The zero-order chi connectivity index (χ0) is 17.1. The van der Waals surface area contributed by atoms with Crippen LogP contribution in [0.5, 0.6) is 0 Å². The molecule has 0 saturated heterocycles. The summed E-state index contributed by atoms with van der Waals surface area (Å²) in [5.74, 6) is -0.653. The van der Waals surface area contributed by atoms with Crippen LogP contribution < -0.4 is 11.5 Å². The van der Waals surface area contributed by atoms with Gasteiger partial charge in [0.05, 0.1) is 6.26 Å². The molecule has 0 fully saturated rings. The van der Waals surface area contributed by atoms with E-state index in [4.69, 9.17) is 16.0 Å². The molecule has 0 aliphatic heterocycles. The van der Waals surface area contributed by atoms with Crippen LogP contribution in [0, 0.1) is 6.92 Å². The summed E-state index contributed by atoms with van der Waals surface area (Å²) in [6, 6.07) is 7.71. The van der Waals surface area contributed by atoms with Crippen molar-refractivity contribution in [3.05, 3.63) is 35.5 Å². The summed E-state index contributed by atoms with van der Waals surface area (Å²) in [6.07, 6.45) is 0.715. The van der Waals surface area contributed by atoms with Crippen molar-refractivity contribution in [3.63, 3.8) is 0 Å². The van der Waals surface area contributed by atoms with Crippen molar-refractivity contribution in [2.24, 2.45) is 23.5 Å². The summed E-state index contributed by atoms with van der Waals surface area (Å²) in [7, 11) is -1.85. The Hall–Kier alpha value is -2.39. The van der Waals surface area contributed by atoms with Crippen molar-refractivity contribution in [2.45, 2.75) is 6.92 Å². The molecule has 22 heavy (non-hydrogen) atoms. The maximum absolute atomic E-state index is 11.8. The predicted molar refractivity (Wildman–Crippen MR) is 85.3 cm³/mol. The first-order chi connectivity index (χ1) is 10.0. The summed E-state index contributed by atoms with van der Waals surface area (Å²) in [5, 5.41) is 1.03. The molecule has 2 rings (SSSR count). The molecule has 0 aliphatic carbocycles. The van der Waals surface area contributed by atoms with Crippen LogP contribution in [-0.2, 0) is 17.2 Å². The van der Waals surface area contributed by atoms with Crippen LogP contribution >= 0.6 is 0 Å². The van der Waals surface area contributed by atoms with E-state index in [2.05, 4.69) is 4.99 Å². The molecule has 0 radical (unpaired) electrons. The van der Waals surface area contributed by atoms with Crippen molar-refractivity contribution in [1.29, 1.82) is 0 Å². The number of carbonyl (C=O) groups is 1. The molecule has 0 saturated carbocycles. The average Bonchev–Trinajstić information content (AvgIpc) is 2.66. The topological polar surface area (TPSA) is 141 Å². The molecule has 0 aliphatic rings. The smallest absolute Gasteiger partial charge is 0.296 e. The Morgan fingerprint density at radius 2 is 1.86 bits per heavy atom. The number of amides is 1. The lowest BCUT2D eigenvalue weighted by Crippen LogP contribution is -2.24. The van der Waals surface area contributed by atoms with E-state index in [-0.39, 0.29) is 5.96 Å². The molecule has 8 nitrogen and oxygen atoms in total. The number of nitrogens with two attached hydrogens (primary N) is 2. The average molecular weight is 326 g/mol. The van der Waals surface area contributed by atoms with Crippen LogP contribution in [0.25, 0.3) is 10.9 Å². The van der Waals surface area contributed by atoms with E-state index in [9.17, 15) is 13.2 Å². The molecular weight excluding hydrogens is 308 g/mol. The minimum atomic E-state index is -3.67. The summed E-state index contributed by atoms with van der Waals surface area (Å²) in [5.41, 5.74) is 13.0. The summed E-state index contributed by atoms with van der Waals surface area (Å²) in [4.78, 5) is 15.3. The van der Waals surface area contributed by atoms with E-state index in [1.165, 1.54) is 0 Å². The molecule has 1 aromatic heterocycles. The molecule has 1 aromatic carbocycles. The van der Waals surface area contributed by atoms with Crippen LogP contribution in [0.4, 0.5) is 0 Å². The number of aliphatic imine (C=N–C) groups is 1. The zero-order valence-electron chi connectivity index (χ0n) is 12.4. The van der Waals surface area contributed by atoms with E-state index in [0.717, 1.165) is 16.5 Å². The molecule has 1 heterocycles. The van der Waals surface area contributed by atoms with E-state index in [1.54, 1.807) is 10.6 Å². The molecule has 5 N–H and O–H groups in total. The van der Waals surface area contributed by atoms with Gasteiger partial charge in [-0.3, -0.25) is 9.35 Å². The number of fused-ring (bicyclic) bond motifs is 1. The Balaban J connectivity index is 0.000000422. The Bertz CT molecular complexity index is 825. The quantitative estimate of drug-likeness (QED) is 0.393. The van der Waals surface area contributed by atoms with Gasteiger partial charge in [-0.15, -0.1) is 0 Å². The third-order valence-electron chi connectivity index (χ3n) is 2.75. The third kappa shape index (κ3) is 4.86. The Morgan fingerprint density at radius 3 is 2.32 bits per heavy atom. The van der Waals surface area contributed by atoms with Crippen LogP contribution in [0.1, 0.15) is 16.1 Å². The van der Waals surface area contributed by atoms with Gasteiger partial charge in [-0.25, -0.2) is 0 Å². The summed E-state index contributed by atoms with van der Waals surface area (Å²) < 4.78 is 27.7. The highest BCUT2D eigenvalue weighted by Crippen LogP contribution is 2.22. The van der Waals surface area contributed by atoms with Gasteiger partial charge in [0.1, 0.15) is 5.69 Å². The van der Waals surface area contributed by atoms with Crippen LogP contribution in [0.15, 0.2) is 29.3 Å². The molecule has 1 amide bonds. The first-order valence-electron chi connectivity index (χ1n) is 6.12. The van der Waals surface area contributed by atoms with Crippen molar-refractivity contribution >= 4 is 32.9 Å². The molecule has 120 valence electrons. The lowest BCUT2D eigenvalue weighted by molar-refractivity contribution is 0.0995. The Kier molecular flexibility index (Phi) is 5.28. The third-order valence-corrected chi connectivity index (χ3v) is 2.75. The first-order valence-corrected chi connectivity index (χ1v) is 7.97. The normalized spacial score (nSPS) is 10.7. The van der Waals surface area contributed by atoms with E-state index < -0.39 is 16.0 Å². The van der Waals surface area contributed by atoms with Gasteiger partial charge < -0.3 is 16.0 Å². The van der Waals surface area contributed by atoms with Gasteiger partial charge in [0.15, 0.2) is 5.96 Å². The number of rotatable bonds is 1. The molecule has 2 aromatic rings. The monoisotopic (exact) mass is 326 g/mol. The Labute approximate surface area is 128 Å². The minimum absolute atomic E-state index is 0.225. The maximum Gasteiger partial charge on any atom is 0.296 e. The predicted octanol–water partition coefficient (Wildman–Crippen LogP) is 0.404. The second-order valence-corrected chi connectivity index (χ2v) is 6.14. The standard InChI is InChI=1S/C12H14N4O.CH4O3S/c1-7-4-3-5-9-8(7)6-10(16(9)2)11(17)15-12(13)14;1-5(2,3)4/h3-6H,1-2H3,(H4,13,14,15,17);1H3,(H,2,3,4). The van der Waals surface area contributed by atoms with Gasteiger partial charge in [0, 0.05) is 18.0 Å². The summed E-state index contributed by atoms with van der Waals surface area (Å²) in [6.45, 7) is 2.00. The summed E-state index contributed by atoms with van der Waals surface area (Å²) >= 11 is 0. The number of guanidine groups is 1. The van der Waals surface area contributed by atoms with Gasteiger partial charge in [0.25, 0.3) is 16.0 Å². The number of hydrogen-bond donors (Lipinski definition) is 3. The lowest BCUT2D eigenvalue weighted by atomic mass is 10.1. The first kappa shape index (κ1) is 17.7. The maximum atomic E-state index is 11.8. The fourth-order valence-corrected chi connectivity index (χ4v) is 1.89. The lowest BCUT2D eigenvalue weighted by Gasteiger charge is -2.00. The zero-order valence-corrected chi connectivity index (χ0v) is 13.3. The van der Waals surface area contributed by atoms with Crippen molar-refractivity contribution in [3.8, 4) is 0 Å². The number of carbonyl (C=O) groups excluding carboxylic acids is 1. The SMILES string of the molecule is CS(=O)(=O)O.Cc1cccc2c1cc(C(=O)N=C(N)N)n2C. The van der Waals surface area contributed by atoms with Crippen molar-refractivity contribution in [1.82, 2.24) is 4.57 Å². The van der Waals surface area contributed by atoms with Gasteiger partial charge in [-0.2, -0.15) is 13.4 Å². The minimum Gasteiger partial charge on any atom is -0.370 e. The van der Waals surface area contributed by atoms with Crippen molar-refractivity contribution in [2.75, 3.05) is 6.26 Å². The highest BCUT2D eigenvalue weighted by molar-refractivity contribution is 7.85. The molecule has 0 unspecified atom stereocenters. The van der Waals surface area contributed by atoms with Gasteiger partial charge in [-0.1, -0.05) is 12.1 Å².